The second-order valence-corrected chi connectivity index (χ2v) is 11.1. The van der Waals surface area contributed by atoms with Crippen molar-refractivity contribution in [2.75, 3.05) is 4.90 Å². The van der Waals surface area contributed by atoms with Crippen LogP contribution in [0.3, 0.4) is 0 Å². The lowest BCUT2D eigenvalue weighted by Crippen LogP contribution is -2.42. The first-order valence-corrected chi connectivity index (χ1v) is 15.0. The Morgan fingerprint density at radius 2 is 1.88 bits per heavy atom. The lowest BCUT2D eigenvalue weighted by Gasteiger charge is -2.34. The molecule has 1 aliphatic rings. The van der Waals surface area contributed by atoms with Crippen molar-refractivity contribution in [2.45, 2.75) is 77.9 Å². The van der Waals surface area contributed by atoms with Crippen molar-refractivity contribution in [1.82, 2.24) is 30.0 Å². The molecule has 1 amide bonds. The summed E-state index contributed by atoms with van der Waals surface area (Å²) in [5.74, 6) is 0.480. The van der Waals surface area contributed by atoms with Crippen LogP contribution in [0.1, 0.15) is 68.8 Å². The van der Waals surface area contributed by atoms with Gasteiger partial charge in [-0.2, -0.15) is 5.21 Å². The molecule has 0 spiro atoms. The van der Waals surface area contributed by atoms with Crippen LogP contribution in [0.5, 0.6) is 0 Å². The summed E-state index contributed by atoms with van der Waals surface area (Å²) in [7, 11) is 0. The van der Waals surface area contributed by atoms with Gasteiger partial charge in [-0.15, -0.1) is 10.2 Å². The Bertz CT molecular complexity index is 1640. The van der Waals surface area contributed by atoms with Gasteiger partial charge in [-0.3, -0.25) is 4.90 Å². The molecule has 1 fully saturated rings. The summed E-state index contributed by atoms with van der Waals surface area (Å²) < 4.78 is 8.14. The summed E-state index contributed by atoms with van der Waals surface area (Å²) >= 11 is 0. The van der Waals surface area contributed by atoms with Gasteiger partial charge in [0.05, 0.1) is 11.4 Å². The maximum atomic E-state index is 13.9. The van der Waals surface area contributed by atoms with Crippen LogP contribution in [0, 0.1) is 6.92 Å². The molecule has 9 heteroatoms. The van der Waals surface area contributed by atoms with Crippen LogP contribution < -0.4 is 4.90 Å². The number of H-pyrrole nitrogens is 1. The van der Waals surface area contributed by atoms with Gasteiger partial charge in [-0.05, 0) is 72.7 Å². The monoisotopic (exact) mass is 563 g/mol. The molecule has 0 bridgehead atoms. The minimum Gasteiger partial charge on any atom is -0.443 e. The number of carbonyl (C=O) groups is 1. The Balaban J connectivity index is 1.32. The number of aromatic amines is 1. The van der Waals surface area contributed by atoms with Crippen molar-refractivity contribution in [3.8, 4) is 22.5 Å². The predicted molar refractivity (Wildman–Crippen MR) is 163 cm³/mol. The Kier molecular flexibility index (Phi) is 8.26. The van der Waals surface area contributed by atoms with E-state index in [4.69, 9.17) is 9.72 Å². The van der Waals surface area contributed by atoms with Gasteiger partial charge < -0.3 is 9.14 Å². The zero-order valence-corrected chi connectivity index (χ0v) is 24.3. The number of nitrogens with one attached hydrogen (secondary N) is 1. The number of aromatic nitrogens is 6. The number of fused-ring (bicyclic) bond motifs is 1. The van der Waals surface area contributed by atoms with Gasteiger partial charge in [0.1, 0.15) is 12.3 Å². The van der Waals surface area contributed by atoms with E-state index in [9.17, 15) is 4.79 Å². The number of carbonyl (C=O) groups excluding carboxylic acids is 1. The summed E-state index contributed by atoms with van der Waals surface area (Å²) in [5.41, 5.74) is 7.56. The van der Waals surface area contributed by atoms with Gasteiger partial charge in [0, 0.05) is 23.5 Å². The number of nitrogens with zero attached hydrogens (tertiary/aromatic N) is 6. The van der Waals surface area contributed by atoms with Crippen molar-refractivity contribution in [2.24, 2.45) is 0 Å². The Labute approximate surface area is 245 Å². The van der Waals surface area contributed by atoms with Crippen LogP contribution in [-0.2, 0) is 17.8 Å². The van der Waals surface area contributed by atoms with E-state index in [2.05, 4.69) is 57.2 Å². The summed E-state index contributed by atoms with van der Waals surface area (Å²) in [6.07, 6.45) is 10.1. The Hall–Kier alpha value is -4.53. The van der Waals surface area contributed by atoms with E-state index in [0.29, 0.717) is 5.82 Å². The van der Waals surface area contributed by atoms with Gasteiger partial charge in [-0.1, -0.05) is 75.1 Å². The van der Waals surface area contributed by atoms with E-state index in [1.54, 1.807) is 0 Å². The van der Waals surface area contributed by atoms with Crippen LogP contribution in [-0.4, -0.2) is 42.1 Å². The van der Waals surface area contributed by atoms with Crippen molar-refractivity contribution < 1.29 is 9.53 Å². The minimum absolute atomic E-state index is 0.0545. The molecular formula is C33H37N7O2. The number of rotatable bonds is 9. The molecule has 6 rings (SSSR count). The number of aryl methyl sites for hydroxylation is 2. The zero-order chi connectivity index (χ0) is 28.9. The molecule has 2 aromatic carbocycles. The molecule has 1 saturated carbocycles. The highest BCUT2D eigenvalue weighted by atomic mass is 16.6. The number of hydrogen-bond acceptors (Lipinski definition) is 6. The largest absolute Gasteiger partial charge is 0.443 e. The Morgan fingerprint density at radius 3 is 2.64 bits per heavy atom. The van der Waals surface area contributed by atoms with Crippen molar-refractivity contribution in [1.29, 1.82) is 0 Å². The number of hydrogen-bond donors (Lipinski definition) is 1. The van der Waals surface area contributed by atoms with Crippen LogP contribution >= 0.6 is 0 Å². The minimum atomic E-state index is -0.353. The maximum Gasteiger partial charge on any atom is 0.414 e. The third-order valence-corrected chi connectivity index (χ3v) is 8.16. The van der Waals surface area contributed by atoms with Crippen LogP contribution in [0.4, 0.5) is 10.5 Å². The molecule has 5 aromatic rings. The summed E-state index contributed by atoms with van der Waals surface area (Å²) in [5, 5.41) is 14.9. The van der Waals surface area contributed by atoms with Crippen LogP contribution in [0.15, 0.2) is 66.9 Å². The molecule has 1 N–H and O–H groups in total. The average Bonchev–Trinajstić information content (AvgIpc) is 3.72. The molecule has 3 aromatic heterocycles. The fraction of sp³-hybridized carbons (Fsp3) is 0.364. The van der Waals surface area contributed by atoms with Gasteiger partial charge in [0.2, 0.25) is 5.82 Å². The molecule has 0 radical (unpaired) electrons. The lowest BCUT2D eigenvalue weighted by atomic mass is 9.93. The molecule has 216 valence electrons. The first-order valence-electron chi connectivity index (χ1n) is 15.0. The molecule has 9 nitrogen and oxygen atoms in total. The molecule has 0 saturated heterocycles. The first kappa shape index (κ1) is 27.6. The van der Waals surface area contributed by atoms with Crippen molar-refractivity contribution >= 4 is 17.4 Å². The van der Waals surface area contributed by atoms with E-state index in [1.165, 1.54) is 6.42 Å². The van der Waals surface area contributed by atoms with E-state index in [-0.39, 0.29) is 18.7 Å². The number of anilines is 1. The van der Waals surface area contributed by atoms with E-state index < -0.39 is 0 Å². The van der Waals surface area contributed by atoms with Gasteiger partial charge in [-0.25, -0.2) is 9.78 Å². The summed E-state index contributed by atoms with van der Waals surface area (Å²) in [6.45, 7) is 4.40. The number of imidazole rings is 1. The maximum absolute atomic E-state index is 13.9. The van der Waals surface area contributed by atoms with Crippen LogP contribution in [0.25, 0.3) is 28.2 Å². The predicted octanol–water partition coefficient (Wildman–Crippen LogP) is 7.31. The van der Waals surface area contributed by atoms with E-state index in [0.717, 1.165) is 89.9 Å². The Morgan fingerprint density at radius 1 is 1.05 bits per heavy atom. The van der Waals surface area contributed by atoms with Gasteiger partial charge in [0.15, 0.2) is 0 Å². The normalized spacial score (nSPS) is 13.9. The molecule has 0 atom stereocenters. The van der Waals surface area contributed by atoms with Gasteiger partial charge >= 0.3 is 6.09 Å². The number of ether oxygens (including phenoxy) is 1. The van der Waals surface area contributed by atoms with Crippen LogP contribution in [0.2, 0.25) is 0 Å². The van der Waals surface area contributed by atoms with E-state index >= 15 is 0 Å². The number of pyridine rings is 1. The SMILES string of the molecule is CCCCc1cn2c(COC(=O)N(c3ccc(-c4ccccc4)c(-c4nn[nH]n4)c3)C3CCCCC3)ccc(C)c2n1. The molecule has 3 heterocycles. The molecular weight excluding hydrogens is 526 g/mol. The lowest BCUT2D eigenvalue weighted by molar-refractivity contribution is 0.141. The third-order valence-electron chi connectivity index (χ3n) is 8.16. The fourth-order valence-electron chi connectivity index (χ4n) is 5.92. The van der Waals surface area contributed by atoms with Crippen molar-refractivity contribution in [3.63, 3.8) is 0 Å². The highest BCUT2D eigenvalue weighted by Gasteiger charge is 2.29. The second-order valence-electron chi connectivity index (χ2n) is 11.1. The number of tetrazole rings is 1. The number of benzene rings is 2. The molecule has 1 aliphatic carbocycles. The first-order chi connectivity index (χ1) is 20.6. The second kappa shape index (κ2) is 12.5. The smallest absolute Gasteiger partial charge is 0.414 e. The average molecular weight is 564 g/mol. The highest BCUT2D eigenvalue weighted by Crippen LogP contribution is 2.36. The molecule has 42 heavy (non-hydrogen) atoms. The van der Waals surface area contributed by atoms with Gasteiger partial charge in [0.25, 0.3) is 0 Å². The van der Waals surface area contributed by atoms with Crippen molar-refractivity contribution in [3.05, 3.63) is 83.8 Å². The zero-order valence-electron chi connectivity index (χ0n) is 24.3. The topological polar surface area (TPSA) is 101 Å². The quantitative estimate of drug-likeness (QED) is 0.202. The number of amides is 1. The number of unbranched alkanes of at least 4 members (excludes halogenated alkanes) is 1. The molecule has 0 aliphatic heterocycles. The standard InChI is InChI=1S/C33H37N7O2/c1-3-4-13-25-21-39-28(17-16-23(2)32(39)34-25)22-42-33(41)40(26-14-9-6-10-15-26)27-18-19-29(24-11-7-5-8-12-24)30(20-27)31-35-37-38-36-31/h5,7-8,11-12,16-21,26H,3-4,6,9-10,13-15,22H2,1-2H3,(H,35,36,37,38). The third kappa shape index (κ3) is 5.77. The summed E-state index contributed by atoms with van der Waals surface area (Å²) in [4.78, 5) is 20.6. The highest BCUT2D eigenvalue weighted by molar-refractivity contribution is 5.92. The molecule has 0 unspecified atom stereocenters. The summed E-state index contributed by atoms with van der Waals surface area (Å²) in [6, 6.07) is 20.3. The fourth-order valence-corrected chi connectivity index (χ4v) is 5.92. The van der Waals surface area contributed by atoms with E-state index in [1.807, 2.05) is 53.4 Å².